The lowest BCUT2D eigenvalue weighted by Gasteiger charge is -2.41. The molecule has 0 saturated carbocycles. The third-order valence-corrected chi connectivity index (χ3v) is 8.05. The summed E-state index contributed by atoms with van der Waals surface area (Å²) in [6.45, 7) is 10.9. The van der Waals surface area contributed by atoms with Gasteiger partial charge in [-0.2, -0.15) is 0 Å². The first-order chi connectivity index (χ1) is 15.6. The molecule has 3 aromatic heterocycles. The summed E-state index contributed by atoms with van der Waals surface area (Å²) in [6.07, 6.45) is 2.47. The number of pyridine rings is 1. The Morgan fingerprint density at radius 1 is 1.16 bits per heavy atom. The highest BCUT2D eigenvalue weighted by atomic mass is 32.1. The molecule has 166 valence electrons. The van der Waals surface area contributed by atoms with E-state index in [-0.39, 0.29) is 0 Å². The van der Waals surface area contributed by atoms with Crippen LogP contribution in [0.25, 0.3) is 32.6 Å². The Morgan fingerprint density at radius 3 is 2.69 bits per heavy atom. The Balaban J connectivity index is 1.37. The molecule has 6 heteroatoms. The van der Waals surface area contributed by atoms with E-state index in [1.807, 2.05) is 5.51 Å². The van der Waals surface area contributed by atoms with Gasteiger partial charge in [-0.1, -0.05) is 19.9 Å². The van der Waals surface area contributed by atoms with Crippen LogP contribution in [-0.2, 0) is 4.74 Å². The van der Waals surface area contributed by atoms with Crippen LogP contribution in [0, 0.1) is 6.92 Å². The molecule has 5 nitrogen and oxygen atoms in total. The third kappa shape index (κ3) is 3.36. The number of benzene rings is 1. The first-order valence-electron chi connectivity index (χ1n) is 11.8. The van der Waals surface area contributed by atoms with Crippen molar-refractivity contribution < 1.29 is 4.74 Å². The smallest absolute Gasteiger partial charge is 0.144 e. The molecule has 0 unspecified atom stereocenters. The highest BCUT2D eigenvalue weighted by molar-refractivity contribution is 7.16. The summed E-state index contributed by atoms with van der Waals surface area (Å²) >= 11 is 1.61. The molecule has 1 aromatic carbocycles. The molecule has 2 saturated heterocycles. The van der Waals surface area contributed by atoms with E-state index in [1.54, 1.807) is 11.3 Å². The summed E-state index contributed by atoms with van der Waals surface area (Å²) in [7, 11) is 0. The van der Waals surface area contributed by atoms with Crippen molar-refractivity contribution in [2.45, 2.75) is 51.5 Å². The van der Waals surface area contributed by atoms with Crippen molar-refractivity contribution in [2.24, 2.45) is 0 Å². The molecule has 32 heavy (non-hydrogen) atoms. The van der Waals surface area contributed by atoms with E-state index < -0.39 is 0 Å². The summed E-state index contributed by atoms with van der Waals surface area (Å²) < 4.78 is 5.40. The number of nitrogens with zero attached hydrogens (tertiary/aromatic N) is 3. The van der Waals surface area contributed by atoms with Gasteiger partial charge in [-0.05, 0) is 79.6 Å². The highest BCUT2D eigenvalue weighted by Crippen LogP contribution is 2.39. The second kappa shape index (κ2) is 7.94. The predicted molar refractivity (Wildman–Crippen MR) is 132 cm³/mol. The van der Waals surface area contributed by atoms with Crippen molar-refractivity contribution >= 4 is 32.6 Å². The van der Waals surface area contributed by atoms with E-state index in [9.17, 15) is 0 Å². The van der Waals surface area contributed by atoms with Crippen LogP contribution >= 0.6 is 11.3 Å². The van der Waals surface area contributed by atoms with Crippen molar-refractivity contribution in [3.63, 3.8) is 0 Å². The largest absolute Gasteiger partial charge is 0.378 e. The fraction of sp³-hybridized carbons (Fsp3) is 0.462. The number of nitrogens with one attached hydrogen (secondary N) is 1. The maximum atomic E-state index is 5.40. The Hall–Kier alpha value is -2.28. The second-order valence-corrected chi connectivity index (χ2v) is 10.5. The summed E-state index contributed by atoms with van der Waals surface area (Å²) in [4.78, 5) is 16.8. The minimum atomic E-state index is 0.411. The Bertz CT molecular complexity index is 1280. The number of H-pyrrole nitrogens is 1. The molecule has 4 aromatic rings. The van der Waals surface area contributed by atoms with E-state index in [1.165, 1.54) is 53.5 Å². The van der Waals surface area contributed by atoms with Crippen LogP contribution in [0.2, 0.25) is 0 Å². The number of likely N-dealkylation sites (tertiary alicyclic amines) is 1. The van der Waals surface area contributed by atoms with Crippen LogP contribution in [0.3, 0.4) is 0 Å². The maximum absolute atomic E-state index is 5.40. The first kappa shape index (κ1) is 20.3. The van der Waals surface area contributed by atoms with Gasteiger partial charge in [0.05, 0.1) is 36.2 Å². The number of hydrogen-bond acceptors (Lipinski definition) is 5. The van der Waals surface area contributed by atoms with E-state index in [0.717, 1.165) is 34.9 Å². The fourth-order valence-electron chi connectivity index (χ4n) is 5.45. The summed E-state index contributed by atoms with van der Waals surface area (Å²) in [6, 6.07) is 9.91. The number of hydrogen-bond donors (Lipinski definition) is 1. The molecule has 0 spiro atoms. The zero-order chi connectivity index (χ0) is 21.8. The average Bonchev–Trinajstić information content (AvgIpc) is 3.37. The molecule has 0 aliphatic carbocycles. The van der Waals surface area contributed by atoms with Gasteiger partial charge in [0.1, 0.15) is 10.3 Å². The highest BCUT2D eigenvalue weighted by Gasteiger charge is 2.30. The standard InChI is InChI=1S/C26H30N4OS/c1-15(2)23-20-11-18(17-6-8-30(9-7-17)19-12-31-13-19)4-5-21(20)28-25(23)22-10-16(3)24-26(29-22)32-14-27-24/h4-5,10-11,14-15,17,19,28H,6-9,12-13H2,1-3H3. The van der Waals surface area contributed by atoms with Crippen molar-refractivity contribution in [1.82, 2.24) is 19.9 Å². The van der Waals surface area contributed by atoms with Gasteiger partial charge in [0.15, 0.2) is 0 Å². The molecular weight excluding hydrogens is 416 g/mol. The van der Waals surface area contributed by atoms with Gasteiger partial charge in [0.2, 0.25) is 0 Å². The predicted octanol–water partition coefficient (Wildman–Crippen LogP) is 5.85. The van der Waals surface area contributed by atoms with Crippen LogP contribution in [0.5, 0.6) is 0 Å². The Kier molecular flexibility index (Phi) is 5.05. The number of piperidine rings is 1. The van der Waals surface area contributed by atoms with E-state index in [0.29, 0.717) is 17.9 Å². The summed E-state index contributed by atoms with van der Waals surface area (Å²) in [5.41, 5.74) is 10.3. The SMILES string of the molecule is Cc1cc(-c2[nH]c3ccc(C4CCN(C5COC5)CC4)cc3c2C(C)C)nc2scnc12. The lowest BCUT2D eigenvalue weighted by Crippen LogP contribution is -2.51. The number of aromatic amines is 1. The van der Waals surface area contributed by atoms with Crippen LogP contribution < -0.4 is 0 Å². The van der Waals surface area contributed by atoms with E-state index in [2.05, 4.69) is 59.9 Å². The zero-order valence-electron chi connectivity index (χ0n) is 19.0. The van der Waals surface area contributed by atoms with Gasteiger partial charge in [-0.15, -0.1) is 11.3 Å². The van der Waals surface area contributed by atoms with Crippen molar-refractivity contribution in [2.75, 3.05) is 26.3 Å². The van der Waals surface area contributed by atoms with Gasteiger partial charge in [0.25, 0.3) is 0 Å². The van der Waals surface area contributed by atoms with E-state index >= 15 is 0 Å². The van der Waals surface area contributed by atoms with Crippen molar-refractivity contribution in [3.8, 4) is 11.4 Å². The van der Waals surface area contributed by atoms with Crippen LogP contribution in [0.1, 0.15) is 55.2 Å². The van der Waals surface area contributed by atoms with Crippen LogP contribution in [0.4, 0.5) is 0 Å². The molecule has 2 fully saturated rings. The minimum absolute atomic E-state index is 0.411. The lowest BCUT2D eigenvalue weighted by atomic mass is 9.87. The van der Waals surface area contributed by atoms with Crippen molar-refractivity contribution in [1.29, 1.82) is 0 Å². The van der Waals surface area contributed by atoms with Crippen LogP contribution in [0.15, 0.2) is 29.8 Å². The van der Waals surface area contributed by atoms with Gasteiger partial charge in [0, 0.05) is 10.9 Å². The van der Waals surface area contributed by atoms with E-state index in [4.69, 9.17) is 9.72 Å². The number of aromatic nitrogens is 3. The first-order valence-corrected chi connectivity index (χ1v) is 12.6. The fourth-order valence-corrected chi connectivity index (χ4v) is 6.19. The minimum Gasteiger partial charge on any atom is -0.378 e. The quantitative estimate of drug-likeness (QED) is 0.427. The molecule has 0 atom stereocenters. The lowest BCUT2D eigenvalue weighted by molar-refractivity contribution is -0.0712. The third-order valence-electron chi connectivity index (χ3n) is 7.33. The molecule has 0 amide bonds. The molecular formula is C26H30N4OS. The molecule has 0 bridgehead atoms. The summed E-state index contributed by atoms with van der Waals surface area (Å²) in [5.74, 6) is 1.05. The molecule has 2 aliphatic rings. The zero-order valence-corrected chi connectivity index (χ0v) is 19.8. The Labute approximate surface area is 192 Å². The molecule has 5 heterocycles. The number of rotatable bonds is 4. The summed E-state index contributed by atoms with van der Waals surface area (Å²) in [5, 5.41) is 1.35. The van der Waals surface area contributed by atoms with Gasteiger partial charge < -0.3 is 9.72 Å². The van der Waals surface area contributed by atoms with Gasteiger partial charge >= 0.3 is 0 Å². The molecule has 0 radical (unpaired) electrons. The average molecular weight is 447 g/mol. The maximum Gasteiger partial charge on any atom is 0.144 e. The normalized spacial score (nSPS) is 18.8. The Morgan fingerprint density at radius 2 is 1.97 bits per heavy atom. The van der Waals surface area contributed by atoms with Gasteiger partial charge in [-0.25, -0.2) is 9.97 Å². The number of aryl methyl sites for hydroxylation is 1. The number of fused-ring (bicyclic) bond motifs is 2. The molecule has 6 rings (SSSR count). The second-order valence-electron chi connectivity index (χ2n) is 9.71. The number of ether oxygens (including phenoxy) is 1. The molecule has 2 aliphatic heterocycles. The monoisotopic (exact) mass is 446 g/mol. The van der Waals surface area contributed by atoms with Crippen molar-refractivity contribution in [3.05, 3.63) is 46.5 Å². The van der Waals surface area contributed by atoms with Crippen LogP contribution in [-0.4, -0.2) is 52.2 Å². The molecule has 1 N–H and O–H groups in total. The number of thiazole rings is 1. The van der Waals surface area contributed by atoms with Gasteiger partial charge in [-0.3, -0.25) is 4.90 Å². The topological polar surface area (TPSA) is 54.0 Å².